The molecule has 1 aromatic rings. The second kappa shape index (κ2) is 8.82. The van der Waals surface area contributed by atoms with E-state index in [1.165, 1.54) is 31.2 Å². The van der Waals surface area contributed by atoms with Gasteiger partial charge in [0.15, 0.2) is 0 Å². The molecule has 0 aromatic heterocycles. The minimum Gasteiger partial charge on any atom is -0.385 e. The number of nitrogens with one attached hydrogen (secondary N) is 2. The van der Waals surface area contributed by atoms with Gasteiger partial charge in [0.25, 0.3) is 0 Å². The summed E-state index contributed by atoms with van der Waals surface area (Å²) >= 11 is 0. The summed E-state index contributed by atoms with van der Waals surface area (Å²) in [4.78, 5) is 12.0. The molecule has 0 aliphatic heterocycles. The summed E-state index contributed by atoms with van der Waals surface area (Å²) < 4.78 is 0. The maximum absolute atomic E-state index is 12.0. The van der Waals surface area contributed by atoms with Gasteiger partial charge in [-0.15, -0.1) is 0 Å². The first-order chi connectivity index (χ1) is 10.6. The Balaban J connectivity index is 1.67. The lowest BCUT2D eigenvalue weighted by molar-refractivity contribution is -0.121. The van der Waals surface area contributed by atoms with E-state index in [0.29, 0.717) is 24.9 Å². The number of rotatable bonds is 6. The Hall–Kier alpha value is -1.51. The molecule has 3 heteroatoms. The Kier molecular flexibility index (Phi) is 6.75. The number of anilines is 1. The number of hydrogen-bond donors (Lipinski definition) is 2. The van der Waals surface area contributed by atoms with Crippen molar-refractivity contribution in [3.63, 3.8) is 0 Å². The predicted octanol–water partition coefficient (Wildman–Crippen LogP) is 4.45. The largest absolute Gasteiger partial charge is 0.385 e. The molecule has 0 bridgehead atoms. The number of carbonyl (C=O) groups excluding carboxylic acids is 1. The number of benzene rings is 1. The summed E-state index contributed by atoms with van der Waals surface area (Å²) in [5, 5.41) is 6.52. The lowest BCUT2D eigenvalue weighted by Crippen LogP contribution is -2.35. The smallest absolute Gasteiger partial charge is 0.221 e. The van der Waals surface area contributed by atoms with Crippen LogP contribution in [0.25, 0.3) is 0 Å². The Morgan fingerprint density at radius 2 is 1.73 bits per heavy atom. The first-order valence-electron chi connectivity index (χ1n) is 8.78. The van der Waals surface area contributed by atoms with Crippen LogP contribution < -0.4 is 10.6 Å². The van der Waals surface area contributed by atoms with Crippen LogP contribution in [-0.4, -0.2) is 18.5 Å². The molecule has 1 aliphatic rings. The fourth-order valence-corrected chi connectivity index (χ4v) is 3.03. The van der Waals surface area contributed by atoms with Crippen LogP contribution in [0, 0.1) is 0 Å². The predicted molar refractivity (Wildman–Crippen MR) is 93.3 cm³/mol. The standard InChI is InChI=1S/C19H30N2O/c1-15(2)16-9-11-17(12-10-16)20-14-13-19(22)21-18-7-5-3-4-6-8-18/h9-12,15,18,20H,3-8,13-14H2,1-2H3,(H,21,22). The van der Waals surface area contributed by atoms with E-state index in [-0.39, 0.29) is 5.91 Å². The van der Waals surface area contributed by atoms with Crippen molar-refractivity contribution in [3.05, 3.63) is 29.8 Å². The minimum absolute atomic E-state index is 0.179. The van der Waals surface area contributed by atoms with Crippen molar-refractivity contribution in [2.45, 2.75) is 70.8 Å². The van der Waals surface area contributed by atoms with Gasteiger partial charge in [-0.05, 0) is 36.5 Å². The van der Waals surface area contributed by atoms with E-state index in [0.717, 1.165) is 18.5 Å². The molecule has 1 aliphatic carbocycles. The molecule has 1 fully saturated rings. The molecule has 1 saturated carbocycles. The van der Waals surface area contributed by atoms with E-state index in [9.17, 15) is 4.79 Å². The molecule has 3 nitrogen and oxygen atoms in total. The molecule has 0 radical (unpaired) electrons. The van der Waals surface area contributed by atoms with E-state index >= 15 is 0 Å². The summed E-state index contributed by atoms with van der Waals surface area (Å²) in [6.45, 7) is 5.08. The molecule has 0 unspecified atom stereocenters. The Morgan fingerprint density at radius 1 is 1.09 bits per heavy atom. The van der Waals surface area contributed by atoms with Crippen molar-refractivity contribution in [1.29, 1.82) is 0 Å². The van der Waals surface area contributed by atoms with E-state index in [1.807, 2.05) is 0 Å². The van der Waals surface area contributed by atoms with E-state index in [1.54, 1.807) is 0 Å². The van der Waals surface area contributed by atoms with Crippen molar-refractivity contribution in [1.82, 2.24) is 5.32 Å². The van der Waals surface area contributed by atoms with Gasteiger partial charge < -0.3 is 10.6 Å². The molecule has 0 heterocycles. The van der Waals surface area contributed by atoms with Crippen LogP contribution in [0.15, 0.2) is 24.3 Å². The third-order valence-corrected chi connectivity index (χ3v) is 4.48. The van der Waals surface area contributed by atoms with Gasteiger partial charge in [0.1, 0.15) is 0 Å². The van der Waals surface area contributed by atoms with Gasteiger partial charge in [0.05, 0.1) is 0 Å². The van der Waals surface area contributed by atoms with Crippen molar-refractivity contribution >= 4 is 11.6 Å². The fraction of sp³-hybridized carbons (Fsp3) is 0.632. The molecule has 0 atom stereocenters. The Labute approximate surface area is 134 Å². The lowest BCUT2D eigenvalue weighted by Gasteiger charge is -2.16. The monoisotopic (exact) mass is 302 g/mol. The SMILES string of the molecule is CC(C)c1ccc(NCCC(=O)NC2CCCCCC2)cc1. The van der Waals surface area contributed by atoms with Crippen LogP contribution in [0.1, 0.15) is 70.3 Å². The number of amides is 1. The summed E-state index contributed by atoms with van der Waals surface area (Å²) in [7, 11) is 0. The van der Waals surface area contributed by atoms with Gasteiger partial charge in [-0.3, -0.25) is 4.79 Å². The van der Waals surface area contributed by atoms with Gasteiger partial charge in [0, 0.05) is 24.7 Å². The average Bonchev–Trinajstić information content (AvgIpc) is 2.76. The topological polar surface area (TPSA) is 41.1 Å². The summed E-state index contributed by atoms with van der Waals surface area (Å²) in [5.41, 5.74) is 2.43. The van der Waals surface area contributed by atoms with Crippen LogP contribution in [0.5, 0.6) is 0 Å². The Morgan fingerprint density at radius 3 is 2.32 bits per heavy atom. The van der Waals surface area contributed by atoms with Crippen molar-refractivity contribution in [3.8, 4) is 0 Å². The molecule has 2 rings (SSSR count). The normalized spacial score (nSPS) is 16.3. The van der Waals surface area contributed by atoms with Crippen LogP contribution in [0.4, 0.5) is 5.69 Å². The summed E-state index contributed by atoms with van der Waals surface area (Å²) in [6, 6.07) is 8.90. The van der Waals surface area contributed by atoms with Crippen LogP contribution in [-0.2, 0) is 4.79 Å². The highest BCUT2D eigenvalue weighted by Gasteiger charge is 2.14. The highest BCUT2D eigenvalue weighted by Crippen LogP contribution is 2.18. The van der Waals surface area contributed by atoms with E-state index in [2.05, 4.69) is 48.7 Å². The zero-order valence-electron chi connectivity index (χ0n) is 14.0. The molecule has 1 amide bonds. The first kappa shape index (κ1) is 16.9. The second-order valence-corrected chi connectivity index (χ2v) is 6.71. The third kappa shape index (κ3) is 5.70. The number of hydrogen-bond acceptors (Lipinski definition) is 2. The van der Waals surface area contributed by atoms with Crippen molar-refractivity contribution in [2.75, 3.05) is 11.9 Å². The molecule has 0 saturated heterocycles. The van der Waals surface area contributed by atoms with Crippen molar-refractivity contribution in [2.24, 2.45) is 0 Å². The molecular weight excluding hydrogens is 272 g/mol. The zero-order valence-corrected chi connectivity index (χ0v) is 14.0. The van der Waals surface area contributed by atoms with Gasteiger partial charge >= 0.3 is 0 Å². The molecule has 0 spiro atoms. The van der Waals surface area contributed by atoms with Gasteiger partial charge in [0.2, 0.25) is 5.91 Å². The quantitative estimate of drug-likeness (QED) is 0.762. The summed E-state index contributed by atoms with van der Waals surface area (Å²) in [6.07, 6.45) is 7.99. The van der Waals surface area contributed by atoms with E-state index < -0.39 is 0 Å². The van der Waals surface area contributed by atoms with Gasteiger partial charge in [-0.2, -0.15) is 0 Å². The molecule has 22 heavy (non-hydrogen) atoms. The van der Waals surface area contributed by atoms with E-state index in [4.69, 9.17) is 0 Å². The number of carbonyl (C=O) groups is 1. The van der Waals surface area contributed by atoms with Gasteiger partial charge in [-0.25, -0.2) is 0 Å². The van der Waals surface area contributed by atoms with Crippen LogP contribution in [0.3, 0.4) is 0 Å². The molecular formula is C19H30N2O. The molecule has 2 N–H and O–H groups in total. The van der Waals surface area contributed by atoms with Crippen molar-refractivity contribution < 1.29 is 4.79 Å². The minimum atomic E-state index is 0.179. The average molecular weight is 302 g/mol. The third-order valence-electron chi connectivity index (χ3n) is 4.48. The molecule has 122 valence electrons. The zero-order chi connectivity index (χ0) is 15.8. The van der Waals surface area contributed by atoms with Crippen LogP contribution in [0.2, 0.25) is 0 Å². The first-order valence-corrected chi connectivity index (χ1v) is 8.78. The highest BCUT2D eigenvalue weighted by molar-refractivity contribution is 5.76. The molecule has 1 aromatic carbocycles. The fourth-order valence-electron chi connectivity index (χ4n) is 3.03. The maximum atomic E-state index is 12.0. The summed E-state index contributed by atoms with van der Waals surface area (Å²) in [5.74, 6) is 0.734. The van der Waals surface area contributed by atoms with Crippen LogP contribution >= 0.6 is 0 Å². The lowest BCUT2D eigenvalue weighted by atomic mass is 10.0. The highest BCUT2D eigenvalue weighted by atomic mass is 16.1. The second-order valence-electron chi connectivity index (χ2n) is 6.71. The van der Waals surface area contributed by atoms with Gasteiger partial charge in [-0.1, -0.05) is 51.7 Å². The Bertz CT molecular complexity index is 445. The maximum Gasteiger partial charge on any atom is 0.221 e.